The first-order valence-corrected chi connectivity index (χ1v) is 8.67. The fraction of sp³-hybridized carbons (Fsp3) is 0.556. The Kier molecular flexibility index (Phi) is 7.53. The maximum atomic E-state index is 11.8. The molecule has 0 saturated carbocycles. The summed E-state index contributed by atoms with van der Waals surface area (Å²) in [5.74, 6) is 0.877. The van der Waals surface area contributed by atoms with Gasteiger partial charge in [0.25, 0.3) is 5.91 Å². The first kappa shape index (κ1) is 19.1. The summed E-state index contributed by atoms with van der Waals surface area (Å²) in [5.41, 5.74) is 6.79. The molecule has 1 amide bonds. The number of carbonyl (C=O) groups excluding carboxylic acids is 1. The number of nitrogens with two attached hydrogens (primary N) is 1. The molecule has 2 rings (SSSR count). The summed E-state index contributed by atoms with van der Waals surface area (Å²) in [4.78, 5) is 19.2. The van der Waals surface area contributed by atoms with Gasteiger partial charge in [-0.1, -0.05) is 29.8 Å². The zero-order valence-corrected chi connectivity index (χ0v) is 15.0. The number of oxime groups is 1. The van der Waals surface area contributed by atoms with E-state index in [1.807, 2.05) is 24.3 Å². The molecule has 1 saturated heterocycles. The van der Waals surface area contributed by atoms with Gasteiger partial charge in [-0.25, -0.2) is 0 Å². The van der Waals surface area contributed by atoms with Gasteiger partial charge in [-0.2, -0.15) is 0 Å². The fourth-order valence-electron chi connectivity index (χ4n) is 2.90. The van der Waals surface area contributed by atoms with E-state index in [0.29, 0.717) is 25.0 Å². The second-order valence-electron chi connectivity index (χ2n) is 6.26. The molecular formula is C18H28N4O3. The molecule has 1 heterocycles. The quantitative estimate of drug-likeness (QED) is 0.422. The maximum absolute atomic E-state index is 11.8. The maximum Gasteiger partial charge on any atom is 0.261 e. The number of ether oxygens (including phenoxy) is 1. The molecule has 1 fully saturated rings. The van der Waals surface area contributed by atoms with Crippen molar-refractivity contribution in [2.24, 2.45) is 10.9 Å². The van der Waals surface area contributed by atoms with Crippen LogP contribution in [-0.4, -0.2) is 49.5 Å². The molecule has 1 aromatic carbocycles. The summed E-state index contributed by atoms with van der Waals surface area (Å²) in [7, 11) is 1.60. The number of para-hydroxylation sites is 1. The number of nitrogens with one attached hydrogen (secondary N) is 1. The number of hydrogen-bond acceptors (Lipinski definition) is 5. The number of benzene rings is 1. The van der Waals surface area contributed by atoms with Crippen molar-refractivity contribution in [1.82, 2.24) is 10.2 Å². The van der Waals surface area contributed by atoms with Crippen molar-refractivity contribution in [2.75, 3.05) is 26.8 Å². The van der Waals surface area contributed by atoms with Crippen molar-refractivity contribution in [3.05, 3.63) is 29.8 Å². The third-order valence-corrected chi connectivity index (χ3v) is 4.35. The van der Waals surface area contributed by atoms with Crippen LogP contribution < -0.4 is 15.8 Å². The van der Waals surface area contributed by atoms with Gasteiger partial charge >= 0.3 is 0 Å². The third kappa shape index (κ3) is 6.26. The van der Waals surface area contributed by atoms with Crippen molar-refractivity contribution in [3.8, 4) is 5.75 Å². The molecule has 0 radical (unpaired) electrons. The molecule has 7 nitrogen and oxygen atoms in total. The van der Waals surface area contributed by atoms with Gasteiger partial charge in [0.15, 0.2) is 12.4 Å². The van der Waals surface area contributed by atoms with Gasteiger partial charge in [-0.15, -0.1) is 0 Å². The molecule has 7 heteroatoms. The zero-order chi connectivity index (χ0) is 18.1. The fourth-order valence-corrected chi connectivity index (χ4v) is 2.90. The van der Waals surface area contributed by atoms with Gasteiger partial charge in [0.1, 0.15) is 5.75 Å². The van der Waals surface area contributed by atoms with Crippen LogP contribution in [0.5, 0.6) is 5.75 Å². The lowest BCUT2D eigenvalue weighted by Gasteiger charge is -2.32. The molecule has 0 spiro atoms. The molecular weight excluding hydrogens is 320 g/mol. The minimum atomic E-state index is -0.256. The second-order valence-corrected chi connectivity index (χ2v) is 6.26. The Bertz CT molecular complexity index is 591. The van der Waals surface area contributed by atoms with Crippen molar-refractivity contribution in [1.29, 1.82) is 0 Å². The number of amidine groups is 1. The van der Waals surface area contributed by atoms with Gasteiger partial charge in [0, 0.05) is 18.2 Å². The largest absolute Gasteiger partial charge is 0.496 e. The van der Waals surface area contributed by atoms with Crippen LogP contribution in [0.1, 0.15) is 31.7 Å². The molecule has 3 N–H and O–H groups in total. The standard InChI is InChI=1S/C18H28N4O3/c1-14-7-5-6-10-22(14)12-17(19)21-25-13-18(23)20-11-15-8-3-4-9-16(15)24-2/h3-4,8-9,14H,5-7,10-13H2,1-2H3,(H2,19,21)(H,20,23). The number of piperidine rings is 1. The summed E-state index contributed by atoms with van der Waals surface area (Å²) in [6.07, 6.45) is 3.63. The lowest BCUT2D eigenvalue weighted by molar-refractivity contribution is -0.125. The van der Waals surface area contributed by atoms with Crippen LogP contribution in [0.25, 0.3) is 0 Å². The van der Waals surface area contributed by atoms with E-state index < -0.39 is 0 Å². The highest BCUT2D eigenvalue weighted by Crippen LogP contribution is 2.17. The molecule has 25 heavy (non-hydrogen) atoms. The predicted molar refractivity (Wildman–Crippen MR) is 97.3 cm³/mol. The minimum absolute atomic E-state index is 0.161. The van der Waals surface area contributed by atoms with Gasteiger partial charge in [-0.05, 0) is 32.4 Å². The van der Waals surface area contributed by atoms with Gasteiger partial charge in [0.05, 0.1) is 13.7 Å². The average Bonchev–Trinajstić information content (AvgIpc) is 2.62. The van der Waals surface area contributed by atoms with E-state index in [1.165, 1.54) is 19.3 Å². The molecule has 0 aliphatic carbocycles. The van der Waals surface area contributed by atoms with Crippen LogP contribution in [0.15, 0.2) is 29.4 Å². The van der Waals surface area contributed by atoms with E-state index >= 15 is 0 Å². The van der Waals surface area contributed by atoms with E-state index in [4.69, 9.17) is 15.3 Å². The number of amides is 1. The van der Waals surface area contributed by atoms with Crippen LogP contribution in [0.4, 0.5) is 0 Å². The molecule has 1 aliphatic rings. The molecule has 0 aromatic heterocycles. The Labute approximate surface area is 149 Å². The zero-order valence-electron chi connectivity index (χ0n) is 15.0. The average molecular weight is 348 g/mol. The van der Waals surface area contributed by atoms with Crippen LogP contribution in [0.3, 0.4) is 0 Å². The summed E-state index contributed by atoms with van der Waals surface area (Å²) in [5, 5.41) is 6.62. The number of methoxy groups -OCH3 is 1. The highest BCUT2D eigenvalue weighted by Gasteiger charge is 2.18. The number of carbonyl (C=O) groups is 1. The first-order valence-electron chi connectivity index (χ1n) is 8.67. The number of hydrogen-bond donors (Lipinski definition) is 2. The summed E-state index contributed by atoms with van der Waals surface area (Å²) in [6, 6.07) is 8.04. The Hall–Kier alpha value is -2.28. The van der Waals surface area contributed by atoms with Crippen molar-refractivity contribution in [2.45, 2.75) is 38.8 Å². The molecule has 0 bridgehead atoms. The van der Waals surface area contributed by atoms with E-state index in [2.05, 4.69) is 22.3 Å². The van der Waals surface area contributed by atoms with Gasteiger partial charge in [0.2, 0.25) is 0 Å². The van der Waals surface area contributed by atoms with Gasteiger partial charge < -0.3 is 20.6 Å². The highest BCUT2D eigenvalue weighted by molar-refractivity contribution is 5.82. The van der Waals surface area contributed by atoms with Crippen LogP contribution in [0.2, 0.25) is 0 Å². The van der Waals surface area contributed by atoms with Crippen molar-refractivity contribution >= 4 is 11.7 Å². The van der Waals surface area contributed by atoms with E-state index in [1.54, 1.807) is 7.11 Å². The topological polar surface area (TPSA) is 89.2 Å². The molecule has 1 unspecified atom stereocenters. The van der Waals surface area contributed by atoms with Crippen molar-refractivity contribution in [3.63, 3.8) is 0 Å². The predicted octanol–water partition coefficient (Wildman–Crippen LogP) is 1.47. The van der Waals surface area contributed by atoms with Crippen molar-refractivity contribution < 1.29 is 14.4 Å². The van der Waals surface area contributed by atoms with Gasteiger partial charge in [-0.3, -0.25) is 9.69 Å². The lowest BCUT2D eigenvalue weighted by Crippen LogP contribution is -2.43. The molecule has 138 valence electrons. The Balaban J connectivity index is 1.70. The van der Waals surface area contributed by atoms with Crippen LogP contribution in [-0.2, 0) is 16.2 Å². The second kappa shape index (κ2) is 9.88. The highest BCUT2D eigenvalue weighted by atomic mass is 16.6. The van der Waals surface area contributed by atoms with E-state index in [-0.39, 0.29) is 12.5 Å². The Morgan fingerprint density at radius 2 is 2.20 bits per heavy atom. The third-order valence-electron chi connectivity index (χ3n) is 4.35. The van der Waals surface area contributed by atoms with E-state index in [0.717, 1.165) is 17.9 Å². The number of likely N-dealkylation sites (tertiary alicyclic amines) is 1. The number of nitrogens with zero attached hydrogens (tertiary/aromatic N) is 2. The lowest BCUT2D eigenvalue weighted by atomic mass is 10.0. The molecule has 1 atom stereocenters. The summed E-state index contributed by atoms with van der Waals surface area (Å²) >= 11 is 0. The molecule has 1 aromatic rings. The Morgan fingerprint density at radius 3 is 2.96 bits per heavy atom. The molecule has 1 aliphatic heterocycles. The smallest absolute Gasteiger partial charge is 0.261 e. The monoisotopic (exact) mass is 348 g/mol. The SMILES string of the molecule is COc1ccccc1CNC(=O)CON=C(N)CN1CCCCC1C. The minimum Gasteiger partial charge on any atom is -0.496 e. The summed E-state index contributed by atoms with van der Waals surface area (Å²) < 4.78 is 5.25. The normalized spacial score (nSPS) is 18.6. The van der Waals surface area contributed by atoms with Crippen LogP contribution >= 0.6 is 0 Å². The van der Waals surface area contributed by atoms with Crippen LogP contribution in [0, 0.1) is 0 Å². The number of rotatable bonds is 8. The summed E-state index contributed by atoms with van der Waals surface area (Å²) in [6.45, 7) is 4.00. The first-order chi connectivity index (χ1) is 12.1. The Morgan fingerprint density at radius 1 is 1.40 bits per heavy atom. The van der Waals surface area contributed by atoms with E-state index in [9.17, 15) is 4.79 Å².